The van der Waals surface area contributed by atoms with Crippen LogP contribution in [0.2, 0.25) is 0 Å². The number of hydrogen-bond acceptors (Lipinski definition) is 5. The van der Waals surface area contributed by atoms with E-state index in [1.807, 2.05) is 22.6 Å². The van der Waals surface area contributed by atoms with Crippen LogP contribution in [0.5, 0.6) is 0 Å². The number of ether oxygens (including phenoxy) is 1. The summed E-state index contributed by atoms with van der Waals surface area (Å²) in [5, 5.41) is 10.2. The zero-order chi connectivity index (χ0) is 23.5. The van der Waals surface area contributed by atoms with Gasteiger partial charge in [-0.05, 0) is 18.8 Å². The summed E-state index contributed by atoms with van der Waals surface area (Å²) in [6, 6.07) is 0. The number of carbonyl (C=O) groups excluding carboxylic acids is 2. The minimum atomic E-state index is -5.08. The van der Waals surface area contributed by atoms with E-state index in [2.05, 4.69) is 10.3 Å². The molecule has 1 unspecified atom stereocenters. The lowest BCUT2D eigenvalue weighted by atomic mass is 9.88. The van der Waals surface area contributed by atoms with Gasteiger partial charge in [-0.15, -0.1) is 0 Å². The average Bonchev–Trinajstić information content (AvgIpc) is 3.46. The first kappa shape index (κ1) is 24.0. The lowest BCUT2D eigenvalue weighted by molar-refractivity contribution is -0.192. The smallest absolute Gasteiger partial charge is 0.475 e. The molecular formula is C20H27F3N4O5. The highest BCUT2D eigenvalue weighted by Crippen LogP contribution is 2.40. The summed E-state index contributed by atoms with van der Waals surface area (Å²) >= 11 is 0. The zero-order valence-corrected chi connectivity index (χ0v) is 17.7. The average molecular weight is 460 g/mol. The van der Waals surface area contributed by atoms with Crippen LogP contribution in [-0.2, 0) is 31.3 Å². The lowest BCUT2D eigenvalue weighted by Crippen LogP contribution is -2.54. The van der Waals surface area contributed by atoms with E-state index in [1.54, 1.807) is 6.20 Å². The Bertz CT molecular complexity index is 845. The molecule has 1 aliphatic carbocycles. The fraction of sp³-hybridized carbons (Fsp3) is 0.700. The van der Waals surface area contributed by atoms with Crippen molar-refractivity contribution in [3.05, 3.63) is 18.2 Å². The number of carboxylic acid groups (broad SMARTS) is 1. The van der Waals surface area contributed by atoms with Crippen LogP contribution in [-0.4, -0.2) is 69.3 Å². The van der Waals surface area contributed by atoms with Crippen molar-refractivity contribution in [3.8, 4) is 0 Å². The van der Waals surface area contributed by atoms with Gasteiger partial charge in [0.2, 0.25) is 5.91 Å². The number of carbonyl (C=O) groups is 3. The van der Waals surface area contributed by atoms with Gasteiger partial charge in [-0.1, -0.05) is 6.92 Å². The Balaban J connectivity index is 0.000000360. The molecule has 0 aromatic carbocycles. The third kappa shape index (κ3) is 5.59. The Morgan fingerprint density at radius 1 is 1.28 bits per heavy atom. The van der Waals surface area contributed by atoms with Gasteiger partial charge in [-0.2, -0.15) is 13.2 Å². The summed E-state index contributed by atoms with van der Waals surface area (Å²) in [4.78, 5) is 39.8. The Kier molecular flexibility index (Phi) is 7.11. The molecular weight excluding hydrogens is 433 g/mol. The minimum absolute atomic E-state index is 0.0299. The van der Waals surface area contributed by atoms with Crippen molar-refractivity contribution in [2.45, 2.75) is 63.5 Å². The van der Waals surface area contributed by atoms with Gasteiger partial charge in [-0.25, -0.2) is 9.78 Å². The van der Waals surface area contributed by atoms with E-state index in [0.717, 1.165) is 12.4 Å². The van der Waals surface area contributed by atoms with Crippen molar-refractivity contribution in [3.63, 3.8) is 0 Å². The van der Waals surface area contributed by atoms with Gasteiger partial charge in [-0.3, -0.25) is 9.59 Å². The highest BCUT2D eigenvalue weighted by Gasteiger charge is 2.47. The number of nitrogens with zero attached hydrogens (tertiary/aromatic N) is 3. The maximum atomic E-state index is 12.6. The van der Waals surface area contributed by atoms with E-state index in [1.165, 1.54) is 12.8 Å². The highest BCUT2D eigenvalue weighted by atomic mass is 19.4. The number of aliphatic carboxylic acids is 1. The van der Waals surface area contributed by atoms with E-state index in [4.69, 9.17) is 14.6 Å². The third-order valence-electron chi connectivity index (χ3n) is 5.88. The van der Waals surface area contributed by atoms with Crippen molar-refractivity contribution < 1.29 is 37.4 Å². The molecule has 1 atom stereocenters. The first-order chi connectivity index (χ1) is 15.1. The third-order valence-corrected chi connectivity index (χ3v) is 5.88. The number of hydrogen-bond donors (Lipinski definition) is 2. The SMILES string of the molecule is CCC(=O)N1CCC2(CC1)OC(C(=O)NCC1CC1)Cn1ccnc12.O=C(O)C(F)(F)F. The number of amides is 2. The Morgan fingerprint density at radius 2 is 1.91 bits per heavy atom. The van der Waals surface area contributed by atoms with Gasteiger partial charge in [0.15, 0.2) is 6.10 Å². The standard InChI is InChI=1S/C18H26N4O3.C2HF3O2/c1-2-15(23)21-8-5-18(6-9-21)17-19-7-10-22(17)12-14(25-18)16(24)20-11-13-3-4-13;3-2(4,5)1(6)7/h7,10,13-14H,2-6,8-9,11-12H2,1H3,(H,20,24);(H,6,7). The number of nitrogens with one attached hydrogen (secondary N) is 1. The second kappa shape index (κ2) is 9.47. The minimum Gasteiger partial charge on any atom is -0.475 e. The van der Waals surface area contributed by atoms with Gasteiger partial charge < -0.3 is 24.6 Å². The molecule has 1 spiro atoms. The maximum absolute atomic E-state index is 12.6. The van der Waals surface area contributed by atoms with E-state index >= 15 is 0 Å². The van der Waals surface area contributed by atoms with Crippen LogP contribution in [0, 0.1) is 5.92 Å². The molecule has 3 aliphatic rings. The number of halogens is 3. The first-order valence-electron chi connectivity index (χ1n) is 10.6. The second-order valence-electron chi connectivity index (χ2n) is 8.23. The van der Waals surface area contributed by atoms with E-state index in [0.29, 0.717) is 44.8 Å². The second-order valence-corrected chi connectivity index (χ2v) is 8.23. The molecule has 1 aromatic rings. The largest absolute Gasteiger partial charge is 0.490 e. The van der Waals surface area contributed by atoms with Crippen LogP contribution < -0.4 is 5.32 Å². The topological polar surface area (TPSA) is 114 Å². The number of likely N-dealkylation sites (tertiary alicyclic amines) is 1. The molecule has 1 saturated heterocycles. The Morgan fingerprint density at radius 3 is 2.44 bits per heavy atom. The highest BCUT2D eigenvalue weighted by molar-refractivity contribution is 5.81. The number of carboxylic acids is 1. The molecule has 2 aliphatic heterocycles. The van der Waals surface area contributed by atoms with Gasteiger partial charge in [0.05, 0.1) is 6.54 Å². The molecule has 9 nitrogen and oxygen atoms in total. The van der Waals surface area contributed by atoms with Gasteiger partial charge in [0.1, 0.15) is 11.4 Å². The molecule has 2 amide bonds. The summed E-state index contributed by atoms with van der Waals surface area (Å²) in [5.41, 5.74) is -0.562. The molecule has 1 aromatic heterocycles. The van der Waals surface area contributed by atoms with E-state index < -0.39 is 23.9 Å². The molecule has 2 fully saturated rings. The molecule has 178 valence electrons. The summed E-state index contributed by atoms with van der Waals surface area (Å²) in [7, 11) is 0. The molecule has 3 heterocycles. The number of imidazole rings is 1. The molecule has 0 bridgehead atoms. The van der Waals surface area contributed by atoms with Crippen molar-refractivity contribution in [2.24, 2.45) is 5.92 Å². The van der Waals surface area contributed by atoms with Crippen LogP contribution >= 0.6 is 0 Å². The maximum Gasteiger partial charge on any atom is 0.490 e. The van der Waals surface area contributed by atoms with Gasteiger partial charge >= 0.3 is 12.1 Å². The predicted molar refractivity (Wildman–Crippen MR) is 104 cm³/mol. The van der Waals surface area contributed by atoms with E-state index in [9.17, 15) is 22.8 Å². The fourth-order valence-electron chi connectivity index (χ4n) is 3.90. The monoisotopic (exact) mass is 460 g/mol. The van der Waals surface area contributed by atoms with E-state index in [-0.39, 0.29) is 11.8 Å². The molecule has 12 heteroatoms. The van der Waals surface area contributed by atoms with Crippen LogP contribution in [0.25, 0.3) is 0 Å². The molecule has 4 rings (SSSR count). The number of fused-ring (bicyclic) bond motifs is 2. The van der Waals surface area contributed by atoms with Crippen LogP contribution in [0.3, 0.4) is 0 Å². The van der Waals surface area contributed by atoms with Gasteiger partial charge in [0, 0.05) is 51.3 Å². The number of piperidine rings is 1. The fourth-order valence-corrected chi connectivity index (χ4v) is 3.90. The number of aromatic nitrogens is 2. The lowest BCUT2D eigenvalue weighted by Gasteiger charge is -2.45. The Hall–Kier alpha value is -2.63. The summed E-state index contributed by atoms with van der Waals surface area (Å²) < 4.78 is 40.1. The predicted octanol–water partition coefficient (Wildman–Crippen LogP) is 1.67. The quantitative estimate of drug-likeness (QED) is 0.707. The van der Waals surface area contributed by atoms with Gasteiger partial charge in [0.25, 0.3) is 5.91 Å². The van der Waals surface area contributed by atoms with Crippen molar-refractivity contribution in [1.82, 2.24) is 19.8 Å². The zero-order valence-electron chi connectivity index (χ0n) is 17.7. The van der Waals surface area contributed by atoms with Crippen molar-refractivity contribution in [2.75, 3.05) is 19.6 Å². The normalized spacial score (nSPS) is 21.9. The molecule has 0 radical (unpaired) electrons. The number of rotatable bonds is 4. The molecule has 2 N–H and O–H groups in total. The van der Waals surface area contributed by atoms with Crippen LogP contribution in [0.15, 0.2) is 12.4 Å². The van der Waals surface area contributed by atoms with Crippen molar-refractivity contribution >= 4 is 17.8 Å². The Labute approximate surface area is 182 Å². The summed E-state index contributed by atoms with van der Waals surface area (Å²) in [6.45, 7) is 4.44. The summed E-state index contributed by atoms with van der Waals surface area (Å²) in [5.74, 6) is -1.08. The van der Waals surface area contributed by atoms with Crippen LogP contribution in [0.1, 0.15) is 44.9 Å². The molecule has 1 saturated carbocycles. The molecule has 32 heavy (non-hydrogen) atoms. The summed E-state index contributed by atoms with van der Waals surface area (Å²) in [6.07, 6.45) is 2.43. The van der Waals surface area contributed by atoms with Crippen LogP contribution in [0.4, 0.5) is 13.2 Å². The number of alkyl halides is 3. The first-order valence-corrected chi connectivity index (χ1v) is 10.6. The van der Waals surface area contributed by atoms with Crippen molar-refractivity contribution in [1.29, 1.82) is 0 Å².